The molecule has 2 aromatic carbocycles. The lowest BCUT2D eigenvalue weighted by Crippen LogP contribution is -2.20. The lowest BCUT2D eigenvalue weighted by Gasteiger charge is -2.10. The van der Waals surface area contributed by atoms with Gasteiger partial charge in [-0.3, -0.25) is 9.59 Å². The summed E-state index contributed by atoms with van der Waals surface area (Å²) in [5.41, 5.74) is 0.883. The summed E-state index contributed by atoms with van der Waals surface area (Å²) in [5.74, 6) is -0.0492. The van der Waals surface area contributed by atoms with E-state index in [2.05, 4.69) is 21.2 Å². The zero-order chi connectivity index (χ0) is 15.2. The number of carbonyl (C=O) groups is 2. The van der Waals surface area contributed by atoms with Crippen LogP contribution in [-0.4, -0.2) is 18.8 Å². The van der Waals surface area contributed by atoms with Gasteiger partial charge in [0.1, 0.15) is 5.75 Å². The van der Waals surface area contributed by atoms with Gasteiger partial charge in [0.15, 0.2) is 12.9 Å². The second-order valence-corrected chi connectivity index (χ2v) is 5.44. The number of hydrogen-bond acceptors (Lipinski definition) is 3. The summed E-state index contributed by atoms with van der Waals surface area (Å²) in [4.78, 5) is 22.8. The zero-order valence-electron chi connectivity index (χ0n) is 10.8. The third-order valence-corrected chi connectivity index (χ3v) is 3.42. The van der Waals surface area contributed by atoms with E-state index in [1.54, 1.807) is 30.3 Å². The number of ether oxygens (including phenoxy) is 1. The summed E-state index contributed by atoms with van der Waals surface area (Å²) in [7, 11) is 0. The summed E-state index contributed by atoms with van der Waals surface area (Å²) in [5, 5.41) is 2.98. The molecule has 108 valence electrons. The van der Waals surface area contributed by atoms with Crippen molar-refractivity contribution in [2.45, 2.75) is 0 Å². The second kappa shape index (κ2) is 7.24. The van der Waals surface area contributed by atoms with Crippen molar-refractivity contribution >= 4 is 45.4 Å². The number of amides is 1. The van der Waals surface area contributed by atoms with Crippen molar-refractivity contribution in [1.82, 2.24) is 0 Å². The molecule has 0 fully saturated rings. The van der Waals surface area contributed by atoms with E-state index in [0.29, 0.717) is 12.0 Å². The largest absolute Gasteiger partial charge is 0.483 e. The minimum absolute atomic E-state index is 0.215. The number of carbonyl (C=O) groups excluding carboxylic acids is 2. The first-order chi connectivity index (χ1) is 10.1. The molecule has 21 heavy (non-hydrogen) atoms. The molecule has 4 nitrogen and oxygen atoms in total. The van der Waals surface area contributed by atoms with Crippen LogP contribution in [0.25, 0.3) is 0 Å². The van der Waals surface area contributed by atoms with Gasteiger partial charge in [0.25, 0.3) is 5.91 Å². The van der Waals surface area contributed by atoms with Gasteiger partial charge in [-0.1, -0.05) is 39.7 Å². The third kappa shape index (κ3) is 4.31. The lowest BCUT2D eigenvalue weighted by molar-refractivity contribution is -0.118. The van der Waals surface area contributed by atoms with Crippen LogP contribution in [0, 0.1) is 0 Å². The standard InChI is InChI=1S/C15H11BrClNO3/c16-10-3-1-4-11(7-10)18-15(20)9-21-14-6-2-5-13(17)12(14)8-19/h1-8H,9H2,(H,18,20). The molecule has 0 atom stereocenters. The molecule has 0 radical (unpaired) electrons. The predicted molar refractivity (Wildman–Crippen MR) is 85.1 cm³/mol. The molecule has 2 aromatic rings. The fourth-order valence-electron chi connectivity index (χ4n) is 1.66. The van der Waals surface area contributed by atoms with Gasteiger partial charge in [-0.05, 0) is 30.3 Å². The maximum Gasteiger partial charge on any atom is 0.262 e. The van der Waals surface area contributed by atoms with E-state index in [4.69, 9.17) is 16.3 Å². The average molecular weight is 369 g/mol. The Labute approximate surface area is 135 Å². The van der Waals surface area contributed by atoms with E-state index in [-0.39, 0.29) is 28.8 Å². The molecule has 0 spiro atoms. The number of halogens is 2. The van der Waals surface area contributed by atoms with Gasteiger partial charge in [0, 0.05) is 10.2 Å². The van der Waals surface area contributed by atoms with Gasteiger partial charge in [-0.15, -0.1) is 0 Å². The topological polar surface area (TPSA) is 55.4 Å². The van der Waals surface area contributed by atoms with Crippen LogP contribution < -0.4 is 10.1 Å². The van der Waals surface area contributed by atoms with Gasteiger partial charge < -0.3 is 10.1 Å². The molecule has 0 saturated carbocycles. The maximum atomic E-state index is 11.8. The minimum Gasteiger partial charge on any atom is -0.483 e. The molecule has 0 aliphatic carbocycles. The van der Waals surface area contributed by atoms with Crippen molar-refractivity contribution in [3.8, 4) is 5.75 Å². The molecule has 0 unspecified atom stereocenters. The number of hydrogen-bond donors (Lipinski definition) is 1. The molecule has 1 N–H and O–H groups in total. The monoisotopic (exact) mass is 367 g/mol. The first-order valence-electron chi connectivity index (χ1n) is 6.02. The fraction of sp³-hybridized carbons (Fsp3) is 0.0667. The molecular formula is C15H11BrClNO3. The van der Waals surface area contributed by atoms with Gasteiger partial charge >= 0.3 is 0 Å². The molecule has 1 amide bonds. The van der Waals surface area contributed by atoms with Crippen LogP contribution in [0.2, 0.25) is 5.02 Å². The molecule has 0 heterocycles. The zero-order valence-corrected chi connectivity index (χ0v) is 13.1. The molecule has 2 rings (SSSR count). The molecule has 0 aromatic heterocycles. The van der Waals surface area contributed by atoms with Crippen molar-refractivity contribution in [3.63, 3.8) is 0 Å². The second-order valence-electron chi connectivity index (χ2n) is 4.12. The lowest BCUT2D eigenvalue weighted by atomic mass is 10.2. The Morgan fingerprint density at radius 2 is 2.05 bits per heavy atom. The fourth-order valence-corrected chi connectivity index (χ4v) is 2.27. The highest BCUT2D eigenvalue weighted by atomic mass is 79.9. The molecule has 6 heteroatoms. The van der Waals surface area contributed by atoms with Gasteiger partial charge in [-0.25, -0.2) is 0 Å². The van der Waals surface area contributed by atoms with Crippen LogP contribution in [-0.2, 0) is 4.79 Å². The third-order valence-electron chi connectivity index (χ3n) is 2.60. The highest BCUT2D eigenvalue weighted by Crippen LogP contribution is 2.24. The first-order valence-corrected chi connectivity index (χ1v) is 7.19. The van der Waals surface area contributed by atoms with Crippen LogP contribution in [0.15, 0.2) is 46.9 Å². The van der Waals surface area contributed by atoms with E-state index >= 15 is 0 Å². The van der Waals surface area contributed by atoms with Crippen molar-refractivity contribution in [1.29, 1.82) is 0 Å². The molecule has 0 bridgehead atoms. The molecule has 0 aliphatic heterocycles. The summed E-state index contributed by atoms with van der Waals surface area (Å²) >= 11 is 9.19. The summed E-state index contributed by atoms with van der Waals surface area (Å²) < 4.78 is 6.19. The minimum atomic E-state index is -0.329. The van der Waals surface area contributed by atoms with E-state index < -0.39 is 0 Å². The first kappa shape index (κ1) is 15.5. The average Bonchev–Trinajstić information content (AvgIpc) is 2.45. The summed E-state index contributed by atoms with van der Waals surface area (Å²) in [6.45, 7) is -0.215. The van der Waals surface area contributed by atoms with Gasteiger partial charge in [-0.2, -0.15) is 0 Å². The van der Waals surface area contributed by atoms with E-state index in [0.717, 1.165) is 4.47 Å². The Kier molecular flexibility index (Phi) is 5.36. The highest BCUT2D eigenvalue weighted by Gasteiger charge is 2.09. The Bertz CT molecular complexity index is 676. The smallest absolute Gasteiger partial charge is 0.262 e. The molecule has 0 aliphatic rings. The molecular weight excluding hydrogens is 358 g/mol. The van der Waals surface area contributed by atoms with Gasteiger partial charge in [0.05, 0.1) is 10.6 Å². The van der Waals surface area contributed by atoms with Crippen LogP contribution in [0.3, 0.4) is 0 Å². The number of benzene rings is 2. The highest BCUT2D eigenvalue weighted by molar-refractivity contribution is 9.10. The number of anilines is 1. The Morgan fingerprint density at radius 3 is 2.76 bits per heavy atom. The van der Waals surface area contributed by atoms with E-state index in [1.807, 2.05) is 12.1 Å². The van der Waals surface area contributed by atoms with E-state index in [9.17, 15) is 9.59 Å². The summed E-state index contributed by atoms with van der Waals surface area (Å²) in [6.07, 6.45) is 0.601. The van der Waals surface area contributed by atoms with Crippen molar-refractivity contribution < 1.29 is 14.3 Å². The maximum absolute atomic E-state index is 11.8. The Balaban J connectivity index is 1.99. The van der Waals surface area contributed by atoms with Crippen LogP contribution >= 0.6 is 27.5 Å². The SMILES string of the molecule is O=Cc1c(Cl)cccc1OCC(=O)Nc1cccc(Br)c1. The van der Waals surface area contributed by atoms with Crippen LogP contribution in [0.4, 0.5) is 5.69 Å². The van der Waals surface area contributed by atoms with Gasteiger partial charge in [0.2, 0.25) is 0 Å². The quantitative estimate of drug-likeness (QED) is 0.814. The van der Waals surface area contributed by atoms with Crippen molar-refractivity contribution in [2.24, 2.45) is 0 Å². The predicted octanol–water partition coefficient (Wildman–Crippen LogP) is 3.93. The number of aldehydes is 1. The van der Waals surface area contributed by atoms with E-state index in [1.165, 1.54) is 0 Å². The van der Waals surface area contributed by atoms with Crippen molar-refractivity contribution in [3.05, 3.63) is 57.5 Å². The van der Waals surface area contributed by atoms with Crippen LogP contribution in [0.5, 0.6) is 5.75 Å². The Hall–Kier alpha value is -1.85. The number of rotatable bonds is 5. The van der Waals surface area contributed by atoms with Crippen LogP contribution in [0.1, 0.15) is 10.4 Å². The molecule has 0 saturated heterocycles. The number of nitrogens with one attached hydrogen (secondary N) is 1. The normalized spacial score (nSPS) is 10.0. The van der Waals surface area contributed by atoms with Crippen molar-refractivity contribution in [2.75, 3.05) is 11.9 Å². The Morgan fingerprint density at radius 1 is 1.29 bits per heavy atom. The summed E-state index contributed by atoms with van der Waals surface area (Å²) in [6, 6.07) is 12.0.